The van der Waals surface area contributed by atoms with Crippen molar-refractivity contribution in [2.24, 2.45) is 0 Å². The summed E-state index contributed by atoms with van der Waals surface area (Å²) < 4.78 is 16.7. The van der Waals surface area contributed by atoms with Gasteiger partial charge in [-0.05, 0) is 128 Å². The Kier molecular flexibility index (Phi) is 59.5. The van der Waals surface area contributed by atoms with Crippen LogP contribution >= 0.6 is 0 Å². The van der Waals surface area contributed by atoms with Gasteiger partial charge in [-0.25, -0.2) is 0 Å². The van der Waals surface area contributed by atoms with Crippen molar-refractivity contribution >= 4 is 17.9 Å². The number of carbonyl (C=O) groups is 3. The lowest BCUT2D eigenvalue weighted by molar-refractivity contribution is -0.167. The van der Waals surface area contributed by atoms with E-state index in [1.54, 1.807) is 0 Å². The second kappa shape index (κ2) is 63.6. The van der Waals surface area contributed by atoms with E-state index < -0.39 is 6.10 Å². The summed E-state index contributed by atoms with van der Waals surface area (Å²) in [4.78, 5) is 37.9. The number of allylic oxidation sites excluding steroid dienone is 26. The smallest absolute Gasteiger partial charge is 0.306 e. The Morgan fingerprint density at radius 2 is 0.506 bits per heavy atom. The molecule has 0 aliphatic rings. The Balaban J connectivity index is 4.18. The molecule has 0 radical (unpaired) electrons. The van der Waals surface area contributed by atoms with Gasteiger partial charge < -0.3 is 14.2 Å². The SMILES string of the molecule is CC/C=C\C/C=C\C/C=C\C/C=C\C/C=C\C/C=C\C/C=C\CCCCCC(=O)OC(COC(=O)CCCCCCC)COC(=O)CCCCCCCCCCCC/C=C\C/C=C\C/C=C\C/C=C\C/C=C\C/C=C\CC. The molecule has 6 nitrogen and oxygen atoms in total. The van der Waals surface area contributed by atoms with Crippen molar-refractivity contribution in [2.75, 3.05) is 13.2 Å². The summed E-state index contributed by atoms with van der Waals surface area (Å²) in [6.07, 6.45) is 92.9. The number of hydrogen-bond acceptors (Lipinski definition) is 6. The van der Waals surface area contributed by atoms with Gasteiger partial charge in [0.05, 0.1) is 0 Å². The third-order valence-electron chi connectivity index (χ3n) is 12.5. The molecule has 0 saturated carbocycles. The lowest BCUT2D eigenvalue weighted by Gasteiger charge is -2.18. The Morgan fingerprint density at radius 1 is 0.273 bits per heavy atom. The molecule has 0 heterocycles. The van der Waals surface area contributed by atoms with Crippen molar-refractivity contribution in [1.29, 1.82) is 0 Å². The van der Waals surface area contributed by atoms with Gasteiger partial charge in [-0.1, -0.05) is 262 Å². The number of rotatable bonds is 54. The van der Waals surface area contributed by atoms with Crippen LogP contribution < -0.4 is 0 Å². The van der Waals surface area contributed by atoms with Crippen LogP contribution in [-0.4, -0.2) is 37.2 Å². The minimum absolute atomic E-state index is 0.0994. The van der Waals surface area contributed by atoms with Gasteiger partial charge >= 0.3 is 17.9 Å². The van der Waals surface area contributed by atoms with Crippen molar-refractivity contribution in [2.45, 2.75) is 258 Å². The Hall–Kier alpha value is -4.97. The molecule has 0 aromatic carbocycles. The first kappa shape index (κ1) is 72.0. The zero-order valence-electron chi connectivity index (χ0n) is 49.4. The van der Waals surface area contributed by atoms with E-state index in [9.17, 15) is 14.4 Å². The summed E-state index contributed by atoms with van der Waals surface area (Å²) in [7, 11) is 0. The molecule has 1 atom stereocenters. The van der Waals surface area contributed by atoms with Gasteiger partial charge in [-0.2, -0.15) is 0 Å². The first-order valence-electron chi connectivity index (χ1n) is 31.0. The van der Waals surface area contributed by atoms with Crippen LogP contribution in [0.15, 0.2) is 158 Å². The molecule has 1 unspecified atom stereocenters. The van der Waals surface area contributed by atoms with E-state index in [0.717, 1.165) is 161 Å². The van der Waals surface area contributed by atoms with Crippen LogP contribution in [0, 0.1) is 0 Å². The number of ether oxygens (including phenoxy) is 3. The van der Waals surface area contributed by atoms with E-state index in [2.05, 4.69) is 179 Å². The normalized spacial score (nSPS) is 13.2. The molecular weight excluding hydrogens is 949 g/mol. The summed E-state index contributed by atoms with van der Waals surface area (Å²) in [6, 6.07) is 0. The standard InChI is InChI=1S/C71H112O6/c1-4-7-10-13-15-17-19-21-23-25-27-29-31-33-34-35-36-38-39-41-43-45-47-49-51-53-55-58-61-64-70(73)76-67-68(66-75-69(72)63-60-57-12-9-6-3)77-71(74)65-62-59-56-54-52-50-48-46-44-42-40-37-32-30-28-26-24-22-20-18-16-14-11-8-5-2/h7-8,10-11,15-18,21-24,27-30,33-34,36-38,40,44,46,50,52,68H,4-6,9,12-14,19-20,25-26,31-32,35,39,41-43,45,47-49,51,53-67H2,1-3H3/b10-7-,11-8-,17-15-,18-16-,23-21-,24-22-,29-27-,30-28-,34-33-,38-36-,40-37-,46-44-,52-50-. The second-order valence-corrected chi connectivity index (χ2v) is 19.9. The average Bonchev–Trinajstić information content (AvgIpc) is 3.43. The molecule has 0 amide bonds. The third kappa shape index (κ3) is 61.8. The monoisotopic (exact) mass is 1060 g/mol. The van der Waals surface area contributed by atoms with E-state index in [1.165, 1.54) is 51.4 Å². The number of carbonyl (C=O) groups excluding carboxylic acids is 3. The number of esters is 3. The zero-order valence-corrected chi connectivity index (χ0v) is 49.4. The van der Waals surface area contributed by atoms with Crippen molar-refractivity contribution in [3.8, 4) is 0 Å². The largest absolute Gasteiger partial charge is 0.462 e. The van der Waals surface area contributed by atoms with Crippen LogP contribution in [0.5, 0.6) is 0 Å². The van der Waals surface area contributed by atoms with Crippen molar-refractivity contribution < 1.29 is 28.6 Å². The minimum Gasteiger partial charge on any atom is -0.462 e. The first-order valence-corrected chi connectivity index (χ1v) is 31.0. The van der Waals surface area contributed by atoms with Gasteiger partial charge in [0.1, 0.15) is 13.2 Å². The third-order valence-corrected chi connectivity index (χ3v) is 12.5. The predicted octanol–water partition coefficient (Wildman–Crippen LogP) is 21.3. The molecule has 77 heavy (non-hydrogen) atoms. The molecule has 432 valence electrons. The van der Waals surface area contributed by atoms with Gasteiger partial charge in [-0.3, -0.25) is 14.4 Å². The average molecular weight is 1060 g/mol. The topological polar surface area (TPSA) is 78.9 Å². The molecular formula is C71H112O6. The molecule has 6 heteroatoms. The van der Waals surface area contributed by atoms with Crippen LogP contribution in [0.2, 0.25) is 0 Å². The van der Waals surface area contributed by atoms with Crippen molar-refractivity contribution in [3.63, 3.8) is 0 Å². The van der Waals surface area contributed by atoms with E-state index in [0.29, 0.717) is 12.8 Å². The van der Waals surface area contributed by atoms with Crippen LogP contribution in [0.3, 0.4) is 0 Å². The van der Waals surface area contributed by atoms with Crippen LogP contribution in [0.4, 0.5) is 0 Å². The molecule has 0 N–H and O–H groups in total. The molecule has 0 bridgehead atoms. The summed E-state index contributed by atoms with van der Waals surface area (Å²) in [5, 5.41) is 0. The van der Waals surface area contributed by atoms with Gasteiger partial charge in [0.15, 0.2) is 6.10 Å². The molecule has 0 rings (SSSR count). The van der Waals surface area contributed by atoms with E-state index in [1.807, 2.05) is 0 Å². The maximum Gasteiger partial charge on any atom is 0.306 e. The summed E-state index contributed by atoms with van der Waals surface area (Å²) in [6.45, 7) is 6.28. The molecule has 0 aromatic heterocycles. The lowest BCUT2D eigenvalue weighted by Crippen LogP contribution is -2.30. The fourth-order valence-electron chi connectivity index (χ4n) is 7.95. The van der Waals surface area contributed by atoms with Gasteiger partial charge in [0.25, 0.3) is 0 Å². The number of unbranched alkanes of at least 4 members (excludes halogenated alkanes) is 17. The highest BCUT2D eigenvalue weighted by atomic mass is 16.6. The quantitative estimate of drug-likeness (QED) is 0.0261. The predicted molar refractivity (Wildman–Crippen MR) is 334 cm³/mol. The van der Waals surface area contributed by atoms with Crippen LogP contribution in [0.1, 0.15) is 252 Å². The number of hydrogen-bond donors (Lipinski definition) is 0. The minimum atomic E-state index is -0.802. The maximum atomic E-state index is 12.8. The van der Waals surface area contributed by atoms with E-state index >= 15 is 0 Å². The van der Waals surface area contributed by atoms with Gasteiger partial charge in [0, 0.05) is 19.3 Å². The van der Waals surface area contributed by atoms with Gasteiger partial charge in [-0.15, -0.1) is 0 Å². The maximum absolute atomic E-state index is 12.8. The highest BCUT2D eigenvalue weighted by molar-refractivity contribution is 5.71. The van der Waals surface area contributed by atoms with Crippen molar-refractivity contribution in [3.05, 3.63) is 158 Å². The molecule has 0 spiro atoms. The zero-order chi connectivity index (χ0) is 55.7. The Bertz CT molecular complexity index is 1740. The van der Waals surface area contributed by atoms with Gasteiger partial charge in [0.2, 0.25) is 0 Å². The Labute approximate surface area is 473 Å². The van der Waals surface area contributed by atoms with Crippen LogP contribution in [-0.2, 0) is 28.6 Å². The summed E-state index contributed by atoms with van der Waals surface area (Å²) in [5.41, 5.74) is 0. The van der Waals surface area contributed by atoms with Crippen LogP contribution in [0.25, 0.3) is 0 Å². The van der Waals surface area contributed by atoms with E-state index in [4.69, 9.17) is 14.2 Å². The highest BCUT2D eigenvalue weighted by Crippen LogP contribution is 2.14. The molecule has 0 aromatic rings. The second-order valence-electron chi connectivity index (χ2n) is 19.9. The summed E-state index contributed by atoms with van der Waals surface area (Å²) >= 11 is 0. The highest BCUT2D eigenvalue weighted by Gasteiger charge is 2.19. The fourth-order valence-corrected chi connectivity index (χ4v) is 7.95. The molecule has 0 saturated heterocycles. The van der Waals surface area contributed by atoms with Crippen molar-refractivity contribution in [1.82, 2.24) is 0 Å². The first-order chi connectivity index (χ1) is 38.0. The Morgan fingerprint density at radius 3 is 0.805 bits per heavy atom. The lowest BCUT2D eigenvalue weighted by atomic mass is 10.1. The molecule has 0 fully saturated rings. The molecule has 0 aliphatic heterocycles. The molecule has 0 aliphatic carbocycles. The fraction of sp³-hybridized carbons (Fsp3) is 0.592. The van der Waals surface area contributed by atoms with E-state index in [-0.39, 0.29) is 37.5 Å². The summed E-state index contributed by atoms with van der Waals surface area (Å²) in [5.74, 6) is -0.957.